The van der Waals surface area contributed by atoms with Crippen LogP contribution < -0.4 is 15.2 Å². The Morgan fingerprint density at radius 3 is 2.54 bits per heavy atom. The van der Waals surface area contributed by atoms with Crippen molar-refractivity contribution < 1.29 is 14.3 Å². The highest BCUT2D eigenvalue weighted by molar-refractivity contribution is 5.95. The Bertz CT molecular complexity index is 1490. The van der Waals surface area contributed by atoms with Crippen LogP contribution in [0.1, 0.15) is 31.0 Å². The number of hydrogen-bond acceptors (Lipinski definition) is 5. The molecule has 1 aliphatic rings. The Hall–Kier alpha value is -4.40. The standard InChI is InChI=1S/C28H29N5O4/c1-3-32(20-7-5-4-6-8-20)27(35)14-13-26(34)31-16-15-23-22(18-31)28(36)33-25(29-23)17-24(30-33)19-9-11-21(37-2)12-10-19/h4-12,17,30H,3,13-16,18H2,1-2H3. The van der Waals surface area contributed by atoms with E-state index in [1.54, 1.807) is 16.9 Å². The van der Waals surface area contributed by atoms with Crippen LogP contribution >= 0.6 is 0 Å². The second-order valence-corrected chi connectivity index (χ2v) is 8.97. The number of nitrogens with zero attached hydrogens (tertiary/aromatic N) is 4. The Kier molecular flexibility index (Phi) is 6.76. The van der Waals surface area contributed by atoms with Crippen molar-refractivity contribution in [1.82, 2.24) is 19.5 Å². The van der Waals surface area contributed by atoms with Crippen LogP contribution in [-0.4, -0.2) is 51.5 Å². The zero-order valence-electron chi connectivity index (χ0n) is 20.9. The summed E-state index contributed by atoms with van der Waals surface area (Å²) < 4.78 is 6.64. The van der Waals surface area contributed by atoms with Crippen molar-refractivity contribution in [2.24, 2.45) is 0 Å². The summed E-state index contributed by atoms with van der Waals surface area (Å²) in [5.41, 5.74) is 4.03. The molecule has 0 aliphatic carbocycles. The summed E-state index contributed by atoms with van der Waals surface area (Å²) in [7, 11) is 1.61. The van der Waals surface area contributed by atoms with Crippen molar-refractivity contribution in [1.29, 1.82) is 0 Å². The Morgan fingerprint density at radius 2 is 1.84 bits per heavy atom. The van der Waals surface area contributed by atoms with Crippen LogP contribution in [0.4, 0.5) is 5.69 Å². The van der Waals surface area contributed by atoms with Gasteiger partial charge in [0.25, 0.3) is 5.56 Å². The van der Waals surface area contributed by atoms with E-state index in [0.29, 0.717) is 36.4 Å². The quantitative estimate of drug-likeness (QED) is 0.420. The molecule has 2 aromatic heterocycles. The summed E-state index contributed by atoms with van der Waals surface area (Å²) >= 11 is 0. The van der Waals surface area contributed by atoms with Gasteiger partial charge in [0.05, 0.1) is 30.6 Å². The average molecular weight is 500 g/mol. The van der Waals surface area contributed by atoms with Crippen molar-refractivity contribution in [3.63, 3.8) is 0 Å². The molecule has 0 saturated heterocycles. The van der Waals surface area contributed by atoms with E-state index in [0.717, 1.165) is 22.7 Å². The lowest BCUT2D eigenvalue weighted by atomic mass is 10.1. The number of benzene rings is 2. The number of amides is 2. The number of fused-ring (bicyclic) bond motifs is 2. The number of aromatic nitrogens is 3. The molecule has 0 radical (unpaired) electrons. The van der Waals surface area contributed by atoms with E-state index < -0.39 is 0 Å². The van der Waals surface area contributed by atoms with E-state index in [1.165, 1.54) is 4.52 Å². The minimum Gasteiger partial charge on any atom is -0.497 e. The summed E-state index contributed by atoms with van der Waals surface area (Å²) in [5, 5.41) is 3.13. The molecule has 2 aromatic carbocycles. The van der Waals surface area contributed by atoms with Crippen LogP contribution in [0, 0.1) is 0 Å². The van der Waals surface area contributed by atoms with Gasteiger partial charge in [-0.25, -0.2) is 9.50 Å². The monoisotopic (exact) mass is 499 g/mol. The predicted molar refractivity (Wildman–Crippen MR) is 141 cm³/mol. The molecule has 0 atom stereocenters. The maximum atomic E-state index is 13.3. The van der Waals surface area contributed by atoms with Crippen LogP contribution in [0.25, 0.3) is 16.9 Å². The van der Waals surface area contributed by atoms with Gasteiger partial charge >= 0.3 is 0 Å². The minimum atomic E-state index is -0.213. The SMILES string of the molecule is CCN(C(=O)CCC(=O)N1CCc2nc3cc(-c4ccc(OC)cc4)[nH]n3c(=O)c2C1)c1ccccc1. The molecule has 37 heavy (non-hydrogen) atoms. The van der Waals surface area contributed by atoms with Crippen molar-refractivity contribution in [2.75, 3.05) is 25.1 Å². The maximum Gasteiger partial charge on any atom is 0.277 e. The van der Waals surface area contributed by atoms with Crippen LogP contribution in [0.5, 0.6) is 5.75 Å². The number of anilines is 1. The molecule has 5 rings (SSSR count). The smallest absolute Gasteiger partial charge is 0.277 e. The fraction of sp³-hybridized carbons (Fsp3) is 0.286. The summed E-state index contributed by atoms with van der Waals surface area (Å²) in [6, 6.07) is 18.8. The third-order valence-corrected chi connectivity index (χ3v) is 6.75. The first-order chi connectivity index (χ1) is 18.0. The Labute approximate surface area is 214 Å². The maximum absolute atomic E-state index is 13.3. The Balaban J connectivity index is 1.30. The fourth-order valence-corrected chi connectivity index (χ4v) is 4.73. The second kappa shape index (κ2) is 10.3. The molecule has 9 nitrogen and oxygen atoms in total. The molecule has 1 N–H and O–H groups in total. The fourth-order valence-electron chi connectivity index (χ4n) is 4.73. The van der Waals surface area contributed by atoms with Gasteiger partial charge in [0.1, 0.15) is 5.75 Å². The lowest BCUT2D eigenvalue weighted by Gasteiger charge is -2.28. The number of H-pyrrole nitrogens is 1. The van der Waals surface area contributed by atoms with E-state index in [2.05, 4.69) is 5.10 Å². The third-order valence-electron chi connectivity index (χ3n) is 6.75. The Morgan fingerprint density at radius 1 is 1.08 bits per heavy atom. The van der Waals surface area contributed by atoms with Gasteiger partial charge in [-0.3, -0.25) is 19.5 Å². The summed E-state index contributed by atoms with van der Waals surface area (Å²) in [6.07, 6.45) is 0.705. The zero-order valence-corrected chi connectivity index (χ0v) is 20.9. The minimum absolute atomic E-state index is 0.0959. The van der Waals surface area contributed by atoms with Gasteiger partial charge in [-0.15, -0.1) is 0 Å². The third kappa shape index (κ3) is 4.84. The van der Waals surface area contributed by atoms with E-state index in [1.807, 2.05) is 67.6 Å². The number of ether oxygens (including phenoxy) is 1. The number of hydrogen-bond donors (Lipinski definition) is 1. The molecule has 3 heterocycles. The molecule has 0 saturated carbocycles. The van der Waals surface area contributed by atoms with Crippen LogP contribution in [0.2, 0.25) is 0 Å². The lowest BCUT2D eigenvalue weighted by Crippen LogP contribution is -2.40. The van der Waals surface area contributed by atoms with Crippen molar-refractivity contribution >= 4 is 23.1 Å². The zero-order chi connectivity index (χ0) is 25.9. The van der Waals surface area contributed by atoms with Gasteiger partial charge in [-0.2, -0.15) is 0 Å². The van der Waals surface area contributed by atoms with E-state index in [4.69, 9.17) is 9.72 Å². The van der Waals surface area contributed by atoms with Gasteiger partial charge in [0, 0.05) is 44.1 Å². The van der Waals surface area contributed by atoms with Crippen LogP contribution in [0.15, 0.2) is 65.5 Å². The van der Waals surface area contributed by atoms with Crippen molar-refractivity contribution in [3.8, 4) is 17.0 Å². The highest BCUT2D eigenvalue weighted by atomic mass is 16.5. The van der Waals surface area contributed by atoms with E-state index in [9.17, 15) is 14.4 Å². The van der Waals surface area contributed by atoms with Crippen LogP contribution in [-0.2, 0) is 22.6 Å². The molecule has 0 unspecified atom stereocenters. The molecule has 2 amide bonds. The highest BCUT2D eigenvalue weighted by Crippen LogP contribution is 2.23. The molecule has 1 aliphatic heterocycles. The molecular weight excluding hydrogens is 470 g/mol. The lowest BCUT2D eigenvalue weighted by molar-refractivity contribution is -0.134. The molecule has 4 aromatic rings. The largest absolute Gasteiger partial charge is 0.497 e. The molecule has 0 fully saturated rings. The first kappa shape index (κ1) is 24.3. The van der Waals surface area contributed by atoms with Gasteiger partial charge in [0.15, 0.2) is 5.65 Å². The number of aromatic amines is 1. The molecule has 0 bridgehead atoms. The number of carbonyl (C=O) groups is 2. The van der Waals surface area contributed by atoms with Gasteiger partial charge in [-0.1, -0.05) is 18.2 Å². The van der Waals surface area contributed by atoms with E-state index >= 15 is 0 Å². The number of methoxy groups -OCH3 is 1. The van der Waals surface area contributed by atoms with Gasteiger partial charge < -0.3 is 14.5 Å². The summed E-state index contributed by atoms with van der Waals surface area (Å²) in [6.45, 7) is 3.09. The topological polar surface area (TPSA) is 100 Å². The number of rotatable bonds is 7. The first-order valence-electron chi connectivity index (χ1n) is 12.4. The highest BCUT2D eigenvalue weighted by Gasteiger charge is 2.26. The van der Waals surface area contributed by atoms with Gasteiger partial charge in [0.2, 0.25) is 11.8 Å². The molecule has 0 spiro atoms. The number of nitrogens with one attached hydrogen (secondary N) is 1. The predicted octanol–water partition coefficient (Wildman–Crippen LogP) is 3.42. The molecule has 9 heteroatoms. The molecular formula is C28H29N5O4. The van der Waals surface area contributed by atoms with E-state index in [-0.39, 0.29) is 36.8 Å². The van der Waals surface area contributed by atoms with Gasteiger partial charge in [-0.05, 0) is 48.9 Å². The first-order valence-corrected chi connectivity index (χ1v) is 12.4. The summed E-state index contributed by atoms with van der Waals surface area (Å²) in [5.74, 6) is 0.512. The second-order valence-electron chi connectivity index (χ2n) is 8.97. The molecule has 190 valence electrons. The van der Waals surface area contributed by atoms with Crippen molar-refractivity contribution in [3.05, 3.63) is 82.3 Å². The normalized spacial score (nSPS) is 12.9. The average Bonchev–Trinajstić information content (AvgIpc) is 3.37. The number of carbonyl (C=O) groups excluding carboxylic acids is 2. The number of para-hydroxylation sites is 1. The van der Waals surface area contributed by atoms with Crippen LogP contribution in [0.3, 0.4) is 0 Å². The van der Waals surface area contributed by atoms with Crippen molar-refractivity contribution in [2.45, 2.75) is 32.7 Å². The summed E-state index contributed by atoms with van der Waals surface area (Å²) in [4.78, 5) is 47.1.